The lowest BCUT2D eigenvalue weighted by atomic mass is 10.1. The number of likely N-dealkylation sites (N-methyl/N-ethyl adjacent to an activating group) is 2. The van der Waals surface area contributed by atoms with Crippen LogP contribution in [0.4, 0.5) is 5.69 Å². The third-order valence-corrected chi connectivity index (χ3v) is 6.38. The largest absolute Gasteiger partial charge is 0.485 e. The van der Waals surface area contributed by atoms with Crippen LogP contribution in [0.3, 0.4) is 0 Å². The monoisotopic (exact) mass is 441 g/mol. The van der Waals surface area contributed by atoms with Gasteiger partial charge in [0.15, 0.2) is 5.43 Å². The van der Waals surface area contributed by atoms with Gasteiger partial charge in [-0.3, -0.25) is 9.59 Å². The van der Waals surface area contributed by atoms with Crippen LogP contribution in [0.1, 0.15) is 6.92 Å². The van der Waals surface area contributed by atoms with Gasteiger partial charge in [-0.1, -0.05) is 36.4 Å². The number of aromatic nitrogens is 1. The smallest absolute Gasteiger partial charge is 0.242 e. The number of amides is 1. The molecule has 0 fully saturated rings. The molecular formula is C27H27N3O3. The van der Waals surface area contributed by atoms with Gasteiger partial charge in [0.1, 0.15) is 18.4 Å². The Bertz CT molecular complexity index is 1330. The van der Waals surface area contributed by atoms with Crippen LogP contribution < -0.4 is 15.1 Å². The molecular weight excluding hydrogens is 414 g/mol. The van der Waals surface area contributed by atoms with Crippen molar-refractivity contribution in [1.29, 1.82) is 0 Å². The Kier molecular flexibility index (Phi) is 5.50. The van der Waals surface area contributed by atoms with E-state index in [1.54, 1.807) is 4.90 Å². The molecule has 0 spiro atoms. The Balaban J connectivity index is 1.41. The predicted molar refractivity (Wildman–Crippen MR) is 132 cm³/mol. The second-order valence-corrected chi connectivity index (χ2v) is 8.47. The molecule has 1 aromatic heterocycles. The zero-order chi connectivity index (χ0) is 22.9. The van der Waals surface area contributed by atoms with E-state index in [4.69, 9.17) is 4.74 Å². The fourth-order valence-electron chi connectivity index (χ4n) is 4.68. The van der Waals surface area contributed by atoms with E-state index >= 15 is 0 Å². The van der Waals surface area contributed by atoms with Crippen molar-refractivity contribution in [3.05, 3.63) is 83.0 Å². The third kappa shape index (κ3) is 3.82. The fraction of sp³-hybridized carbons (Fsp3) is 0.259. The molecule has 0 saturated carbocycles. The minimum atomic E-state index is -0.115. The number of ether oxygens (including phenoxy) is 1. The molecule has 2 heterocycles. The van der Waals surface area contributed by atoms with Crippen LogP contribution >= 0.6 is 0 Å². The van der Waals surface area contributed by atoms with Gasteiger partial charge < -0.3 is 19.1 Å². The zero-order valence-electron chi connectivity index (χ0n) is 18.9. The molecule has 0 bridgehead atoms. The SMILES string of the molecule is CCN1C[C@@H](CN(C)C(=O)Cn2c3ccccc3c(=O)c3ccccc32)Oc2ccccc21. The van der Waals surface area contributed by atoms with Gasteiger partial charge in [-0.15, -0.1) is 0 Å². The molecule has 6 nitrogen and oxygen atoms in total. The van der Waals surface area contributed by atoms with Crippen LogP contribution in [0, 0.1) is 0 Å². The first-order chi connectivity index (χ1) is 16.1. The van der Waals surface area contributed by atoms with Crippen molar-refractivity contribution >= 4 is 33.4 Å². The van der Waals surface area contributed by atoms with Crippen molar-refractivity contribution in [2.24, 2.45) is 0 Å². The summed E-state index contributed by atoms with van der Waals surface area (Å²) in [7, 11) is 1.81. The third-order valence-electron chi connectivity index (χ3n) is 6.38. The minimum Gasteiger partial charge on any atom is -0.485 e. The van der Waals surface area contributed by atoms with E-state index in [1.807, 2.05) is 78.3 Å². The first-order valence-corrected chi connectivity index (χ1v) is 11.3. The fourth-order valence-corrected chi connectivity index (χ4v) is 4.68. The van der Waals surface area contributed by atoms with Gasteiger partial charge in [0.25, 0.3) is 0 Å². The number of carbonyl (C=O) groups is 1. The normalized spacial score (nSPS) is 15.3. The van der Waals surface area contributed by atoms with E-state index in [0.717, 1.165) is 35.6 Å². The van der Waals surface area contributed by atoms with Crippen LogP contribution in [0.5, 0.6) is 5.75 Å². The maximum absolute atomic E-state index is 13.3. The van der Waals surface area contributed by atoms with E-state index in [0.29, 0.717) is 17.3 Å². The summed E-state index contributed by atoms with van der Waals surface area (Å²) < 4.78 is 8.15. The van der Waals surface area contributed by atoms with Crippen molar-refractivity contribution in [3.8, 4) is 5.75 Å². The van der Waals surface area contributed by atoms with Crippen molar-refractivity contribution < 1.29 is 9.53 Å². The van der Waals surface area contributed by atoms with E-state index < -0.39 is 0 Å². The second-order valence-electron chi connectivity index (χ2n) is 8.47. The molecule has 0 aliphatic carbocycles. The van der Waals surface area contributed by atoms with Crippen LogP contribution in [-0.4, -0.2) is 48.2 Å². The van der Waals surface area contributed by atoms with Gasteiger partial charge in [-0.2, -0.15) is 0 Å². The Hall–Kier alpha value is -3.80. The van der Waals surface area contributed by atoms with Gasteiger partial charge in [-0.25, -0.2) is 0 Å². The minimum absolute atomic E-state index is 0.00724. The number of carbonyl (C=O) groups excluding carboxylic acids is 1. The average Bonchev–Trinajstić information content (AvgIpc) is 2.85. The number of benzene rings is 3. The highest BCUT2D eigenvalue weighted by Crippen LogP contribution is 2.33. The first kappa shape index (κ1) is 21.1. The molecule has 0 saturated heterocycles. The first-order valence-electron chi connectivity index (χ1n) is 11.3. The van der Waals surface area contributed by atoms with Crippen molar-refractivity contribution in [2.45, 2.75) is 19.6 Å². The molecule has 0 unspecified atom stereocenters. The summed E-state index contributed by atoms with van der Waals surface area (Å²) in [5.74, 6) is 0.827. The number of anilines is 1. The molecule has 0 N–H and O–H groups in total. The summed E-state index contributed by atoms with van der Waals surface area (Å²) in [5.41, 5.74) is 2.62. The Morgan fingerprint density at radius 2 is 1.58 bits per heavy atom. The molecule has 5 rings (SSSR count). The standard InChI is InChI=1S/C27H27N3O3/c1-3-29-17-19(33-25-15-9-8-14-24(25)29)16-28(2)26(31)18-30-22-12-6-4-10-20(22)27(32)21-11-5-7-13-23(21)30/h4-15,19H,3,16-18H2,1-2H3/t19-/m1/s1. The molecule has 0 radical (unpaired) electrons. The van der Waals surface area contributed by atoms with Crippen LogP contribution in [0.2, 0.25) is 0 Å². The molecule has 3 aromatic carbocycles. The van der Waals surface area contributed by atoms with E-state index in [-0.39, 0.29) is 24.0 Å². The van der Waals surface area contributed by atoms with Crippen LogP contribution in [0.25, 0.3) is 21.8 Å². The van der Waals surface area contributed by atoms with E-state index in [1.165, 1.54) is 0 Å². The van der Waals surface area contributed by atoms with Gasteiger partial charge in [-0.05, 0) is 43.3 Å². The number of para-hydroxylation sites is 4. The number of rotatable bonds is 5. The van der Waals surface area contributed by atoms with E-state index in [2.05, 4.69) is 17.9 Å². The molecule has 4 aromatic rings. The highest BCUT2D eigenvalue weighted by molar-refractivity contribution is 5.94. The van der Waals surface area contributed by atoms with Gasteiger partial charge >= 0.3 is 0 Å². The van der Waals surface area contributed by atoms with Crippen molar-refractivity contribution in [3.63, 3.8) is 0 Å². The highest BCUT2D eigenvalue weighted by atomic mass is 16.5. The Morgan fingerprint density at radius 3 is 2.24 bits per heavy atom. The molecule has 168 valence electrons. The van der Waals surface area contributed by atoms with Crippen LogP contribution in [-0.2, 0) is 11.3 Å². The molecule has 1 atom stereocenters. The summed E-state index contributed by atoms with van der Waals surface area (Å²) in [6.07, 6.45) is -0.115. The lowest BCUT2D eigenvalue weighted by Crippen LogP contribution is -2.47. The van der Waals surface area contributed by atoms with Crippen molar-refractivity contribution in [2.75, 3.05) is 31.6 Å². The number of fused-ring (bicyclic) bond motifs is 3. The molecule has 1 aliphatic heterocycles. The summed E-state index contributed by atoms with van der Waals surface area (Å²) in [6.45, 7) is 4.37. The lowest BCUT2D eigenvalue weighted by molar-refractivity contribution is -0.131. The molecule has 1 amide bonds. The summed E-state index contributed by atoms with van der Waals surface area (Å²) in [4.78, 5) is 30.3. The lowest BCUT2D eigenvalue weighted by Gasteiger charge is -2.37. The van der Waals surface area contributed by atoms with E-state index in [9.17, 15) is 9.59 Å². The maximum atomic E-state index is 13.3. The van der Waals surface area contributed by atoms with Gasteiger partial charge in [0, 0.05) is 24.4 Å². The topological polar surface area (TPSA) is 54.8 Å². The Morgan fingerprint density at radius 1 is 0.970 bits per heavy atom. The quantitative estimate of drug-likeness (QED) is 0.441. The number of nitrogens with zero attached hydrogens (tertiary/aromatic N) is 3. The van der Waals surface area contributed by atoms with Crippen molar-refractivity contribution in [1.82, 2.24) is 9.47 Å². The Labute approximate surface area is 192 Å². The summed E-state index contributed by atoms with van der Waals surface area (Å²) in [6, 6.07) is 23.0. The molecule has 33 heavy (non-hydrogen) atoms. The van der Waals surface area contributed by atoms with Crippen LogP contribution in [0.15, 0.2) is 77.6 Å². The molecule has 6 heteroatoms. The predicted octanol–water partition coefficient (Wildman–Crippen LogP) is 3.90. The number of pyridine rings is 1. The summed E-state index contributed by atoms with van der Waals surface area (Å²) >= 11 is 0. The second kappa shape index (κ2) is 8.62. The van der Waals surface area contributed by atoms with Gasteiger partial charge in [0.05, 0.1) is 29.8 Å². The average molecular weight is 442 g/mol. The van der Waals surface area contributed by atoms with Gasteiger partial charge in [0.2, 0.25) is 5.91 Å². The maximum Gasteiger partial charge on any atom is 0.242 e. The zero-order valence-corrected chi connectivity index (χ0v) is 18.9. The number of hydrogen-bond acceptors (Lipinski definition) is 4. The number of hydrogen-bond donors (Lipinski definition) is 0. The summed E-state index contributed by atoms with van der Waals surface area (Å²) in [5, 5.41) is 1.25. The highest BCUT2D eigenvalue weighted by Gasteiger charge is 2.27. The molecule has 1 aliphatic rings.